The monoisotopic (exact) mass is 437 g/mol. The molecule has 0 atom stereocenters. The van der Waals surface area contributed by atoms with Crippen LogP contribution in [0.1, 0.15) is 33.3 Å². The second-order valence-corrected chi connectivity index (χ2v) is 7.67. The quantitative estimate of drug-likeness (QED) is 0.559. The van der Waals surface area contributed by atoms with Gasteiger partial charge in [0.05, 0.1) is 18.7 Å². The first-order valence-electron chi connectivity index (χ1n) is 10.4. The number of amides is 1. The number of allylic oxidation sites excluding steroid dienone is 1. The molecule has 0 fully saturated rings. The molecule has 0 spiro atoms. The third-order valence-corrected chi connectivity index (χ3v) is 5.29. The minimum absolute atomic E-state index is 0.0224. The molecule has 0 aliphatic carbocycles. The Morgan fingerprint density at radius 2 is 1.91 bits per heavy atom. The van der Waals surface area contributed by atoms with Crippen LogP contribution >= 0.6 is 0 Å². The average Bonchev–Trinajstić information content (AvgIpc) is 3.04. The molecule has 0 saturated heterocycles. The van der Waals surface area contributed by atoms with E-state index < -0.39 is 5.97 Å². The fourth-order valence-electron chi connectivity index (χ4n) is 3.80. The third kappa shape index (κ3) is 4.57. The summed E-state index contributed by atoms with van der Waals surface area (Å²) in [4.78, 5) is 26.4. The maximum atomic E-state index is 14.4. The second-order valence-electron chi connectivity index (χ2n) is 7.67. The molecule has 0 aliphatic rings. The molecule has 1 amide bonds. The van der Waals surface area contributed by atoms with Gasteiger partial charge < -0.3 is 19.9 Å². The van der Waals surface area contributed by atoms with Crippen LogP contribution in [0.2, 0.25) is 0 Å². The van der Waals surface area contributed by atoms with Crippen LogP contribution in [0.4, 0.5) is 4.39 Å². The van der Waals surface area contributed by atoms with E-state index >= 15 is 0 Å². The summed E-state index contributed by atoms with van der Waals surface area (Å²) in [5, 5.41) is 0.781. The number of hydrogen-bond acceptors (Lipinski definition) is 4. The van der Waals surface area contributed by atoms with Gasteiger partial charge in [-0.25, -0.2) is 9.18 Å². The predicted octanol–water partition coefficient (Wildman–Crippen LogP) is 4.31. The van der Waals surface area contributed by atoms with Gasteiger partial charge in [0, 0.05) is 48.4 Å². The lowest BCUT2D eigenvalue weighted by atomic mass is 9.99. The number of halogens is 1. The van der Waals surface area contributed by atoms with Crippen molar-refractivity contribution in [2.45, 2.75) is 20.4 Å². The number of nitrogens with zero attached hydrogens (tertiary/aromatic N) is 2. The zero-order chi connectivity index (χ0) is 23.4. The summed E-state index contributed by atoms with van der Waals surface area (Å²) in [7, 11) is 3.40. The van der Waals surface area contributed by atoms with Crippen molar-refractivity contribution in [2.24, 2.45) is 5.73 Å². The molecule has 7 heteroatoms. The lowest BCUT2D eigenvalue weighted by molar-refractivity contribution is 0.0526. The first-order chi connectivity index (χ1) is 15.3. The van der Waals surface area contributed by atoms with Crippen molar-refractivity contribution < 1.29 is 18.7 Å². The summed E-state index contributed by atoms with van der Waals surface area (Å²) in [6.45, 7) is 4.05. The molecule has 2 aromatic carbocycles. The molecule has 1 heterocycles. The summed E-state index contributed by atoms with van der Waals surface area (Å²) in [5.74, 6) is -0.876. The van der Waals surface area contributed by atoms with Gasteiger partial charge in [-0.05, 0) is 55.8 Å². The van der Waals surface area contributed by atoms with E-state index in [1.807, 2.05) is 29.7 Å². The zero-order valence-electron chi connectivity index (χ0n) is 18.8. The Hall–Kier alpha value is -3.45. The van der Waals surface area contributed by atoms with Crippen LogP contribution in [0.5, 0.6) is 0 Å². The number of hydrogen-bond donors (Lipinski definition) is 1. The molecule has 3 aromatic rings. The molecule has 32 heavy (non-hydrogen) atoms. The van der Waals surface area contributed by atoms with Crippen molar-refractivity contribution in [3.63, 3.8) is 0 Å². The van der Waals surface area contributed by atoms with Crippen LogP contribution < -0.4 is 5.73 Å². The zero-order valence-corrected chi connectivity index (χ0v) is 18.8. The molecule has 168 valence electrons. The number of benzene rings is 2. The summed E-state index contributed by atoms with van der Waals surface area (Å²) in [6, 6.07) is 12.5. The Morgan fingerprint density at radius 1 is 1.16 bits per heavy atom. The van der Waals surface area contributed by atoms with E-state index in [1.165, 1.54) is 11.0 Å². The molecule has 0 aliphatic heterocycles. The normalized spacial score (nSPS) is 11.6. The molecular formula is C25H28FN3O3. The van der Waals surface area contributed by atoms with Crippen LogP contribution in [-0.4, -0.2) is 48.6 Å². The predicted molar refractivity (Wildman–Crippen MR) is 124 cm³/mol. The molecule has 2 N–H and O–H groups in total. The van der Waals surface area contributed by atoms with Gasteiger partial charge in [-0.1, -0.05) is 12.1 Å². The highest BCUT2D eigenvalue weighted by Gasteiger charge is 2.20. The SMILES string of the molecule is CCOC(=O)c1ccc2c(c1)c(-c1cccc(C(=O)N(C)C)c1)c(C)n2CC(F)=CCN. The van der Waals surface area contributed by atoms with Gasteiger partial charge in [0.2, 0.25) is 0 Å². The van der Waals surface area contributed by atoms with E-state index in [-0.39, 0.29) is 31.4 Å². The summed E-state index contributed by atoms with van der Waals surface area (Å²) < 4.78 is 21.4. The number of aromatic nitrogens is 1. The lowest BCUT2D eigenvalue weighted by Crippen LogP contribution is -2.21. The Kier molecular flexibility index (Phi) is 7.10. The topological polar surface area (TPSA) is 77.6 Å². The number of ether oxygens (including phenoxy) is 1. The Balaban J connectivity index is 2.26. The highest BCUT2D eigenvalue weighted by molar-refractivity contribution is 6.03. The molecule has 0 saturated carbocycles. The maximum Gasteiger partial charge on any atom is 0.338 e. The Labute approximate surface area is 187 Å². The molecule has 0 unspecified atom stereocenters. The third-order valence-electron chi connectivity index (χ3n) is 5.29. The van der Waals surface area contributed by atoms with E-state index in [9.17, 15) is 14.0 Å². The highest BCUT2D eigenvalue weighted by Crippen LogP contribution is 2.36. The molecule has 1 aromatic heterocycles. The van der Waals surface area contributed by atoms with E-state index in [0.717, 1.165) is 27.7 Å². The van der Waals surface area contributed by atoms with Crippen LogP contribution in [0, 0.1) is 6.92 Å². The van der Waals surface area contributed by atoms with Crippen molar-refractivity contribution in [2.75, 3.05) is 27.2 Å². The van der Waals surface area contributed by atoms with Crippen molar-refractivity contribution in [3.8, 4) is 11.1 Å². The van der Waals surface area contributed by atoms with Crippen molar-refractivity contribution in [1.82, 2.24) is 9.47 Å². The second kappa shape index (κ2) is 9.78. The fourth-order valence-corrected chi connectivity index (χ4v) is 3.80. The van der Waals surface area contributed by atoms with Crippen LogP contribution in [-0.2, 0) is 11.3 Å². The molecule has 6 nitrogen and oxygen atoms in total. The molecule has 3 rings (SSSR count). The summed E-state index contributed by atoms with van der Waals surface area (Å²) >= 11 is 0. The largest absolute Gasteiger partial charge is 0.462 e. The molecular weight excluding hydrogens is 409 g/mol. The van der Waals surface area contributed by atoms with Gasteiger partial charge in [0.1, 0.15) is 5.83 Å². The number of nitrogens with two attached hydrogens (primary N) is 1. The number of carbonyl (C=O) groups excluding carboxylic acids is 2. The van der Waals surface area contributed by atoms with E-state index in [0.29, 0.717) is 11.1 Å². The molecule has 0 bridgehead atoms. The average molecular weight is 438 g/mol. The van der Waals surface area contributed by atoms with E-state index in [4.69, 9.17) is 10.5 Å². The Bertz CT molecular complexity index is 1190. The number of fused-ring (bicyclic) bond motifs is 1. The first kappa shape index (κ1) is 23.2. The maximum absolute atomic E-state index is 14.4. The summed E-state index contributed by atoms with van der Waals surface area (Å²) in [6.07, 6.45) is 1.34. The van der Waals surface area contributed by atoms with E-state index in [2.05, 4.69) is 0 Å². The minimum Gasteiger partial charge on any atom is -0.462 e. The van der Waals surface area contributed by atoms with Gasteiger partial charge in [-0.3, -0.25) is 4.79 Å². The van der Waals surface area contributed by atoms with Crippen LogP contribution in [0.3, 0.4) is 0 Å². The van der Waals surface area contributed by atoms with Crippen LogP contribution in [0.15, 0.2) is 54.4 Å². The fraction of sp³-hybridized carbons (Fsp3) is 0.280. The lowest BCUT2D eigenvalue weighted by Gasteiger charge is -2.12. The smallest absolute Gasteiger partial charge is 0.338 e. The number of carbonyl (C=O) groups is 2. The number of rotatable bonds is 7. The number of esters is 1. The van der Waals surface area contributed by atoms with Crippen molar-refractivity contribution in [3.05, 3.63) is 71.2 Å². The van der Waals surface area contributed by atoms with Gasteiger partial charge >= 0.3 is 5.97 Å². The van der Waals surface area contributed by atoms with Gasteiger partial charge in [-0.15, -0.1) is 0 Å². The Morgan fingerprint density at radius 3 is 2.56 bits per heavy atom. The highest BCUT2D eigenvalue weighted by atomic mass is 19.1. The standard InChI is InChI=1S/C25H28FN3O3/c1-5-32-25(31)19-9-10-22-21(14-19)23(16(2)29(22)15-20(26)11-12-27)17-7-6-8-18(13-17)24(30)28(3)4/h6-11,13-14H,5,12,15,27H2,1-4H3. The van der Waals surface area contributed by atoms with Gasteiger partial charge in [0.25, 0.3) is 5.91 Å². The summed E-state index contributed by atoms with van der Waals surface area (Å²) in [5.41, 5.74) is 9.66. The van der Waals surface area contributed by atoms with Crippen LogP contribution in [0.25, 0.3) is 22.0 Å². The van der Waals surface area contributed by atoms with Crippen molar-refractivity contribution in [1.29, 1.82) is 0 Å². The van der Waals surface area contributed by atoms with Crippen molar-refractivity contribution >= 4 is 22.8 Å². The molecule has 0 radical (unpaired) electrons. The van der Waals surface area contributed by atoms with E-state index in [1.54, 1.807) is 45.3 Å². The van der Waals surface area contributed by atoms with Gasteiger partial charge in [-0.2, -0.15) is 0 Å². The van der Waals surface area contributed by atoms with Gasteiger partial charge in [0.15, 0.2) is 0 Å². The minimum atomic E-state index is -0.420. The first-order valence-corrected chi connectivity index (χ1v) is 10.4.